The smallest absolute Gasteiger partial charge is 0.327 e. The lowest BCUT2D eigenvalue weighted by Crippen LogP contribution is -2.58. The van der Waals surface area contributed by atoms with Gasteiger partial charge in [0.1, 0.15) is 5.54 Å². The molecule has 0 bridgehead atoms. The molecule has 0 aromatic rings. The van der Waals surface area contributed by atoms with Crippen LogP contribution in [0.15, 0.2) is 0 Å². The molecule has 1 N–H and O–H groups in total. The molecule has 20 heavy (non-hydrogen) atoms. The molecule has 0 rings (SSSR count). The van der Waals surface area contributed by atoms with Crippen LogP contribution in [0.3, 0.4) is 0 Å². The van der Waals surface area contributed by atoms with Crippen molar-refractivity contribution >= 4 is 5.97 Å². The zero-order valence-electron chi connectivity index (χ0n) is 14.5. The minimum Gasteiger partial charge on any atom is -0.468 e. The van der Waals surface area contributed by atoms with Crippen LogP contribution in [0.25, 0.3) is 0 Å². The Bertz CT molecular complexity index is 270. The van der Waals surface area contributed by atoms with Gasteiger partial charge < -0.3 is 15.0 Å². The van der Waals surface area contributed by atoms with E-state index in [1.165, 1.54) is 7.11 Å². The van der Waals surface area contributed by atoms with E-state index < -0.39 is 5.54 Å². The second kappa shape index (κ2) is 9.35. The van der Waals surface area contributed by atoms with Crippen molar-refractivity contribution in [3.8, 4) is 0 Å². The summed E-state index contributed by atoms with van der Waals surface area (Å²) in [5.41, 5.74) is -0.630. The van der Waals surface area contributed by atoms with Crippen molar-refractivity contribution in [2.24, 2.45) is 11.8 Å². The van der Waals surface area contributed by atoms with E-state index in [-0.39, 0.29) is 5.97 Å². The first-order valence-corrected chi connectivity index (χ1v) is 7.81. The van der Waals surface area contributed by atoms with Gasteiger partial charge in [-0.25, -0.2) is 0 Å². The highest BCUT2D eigenvalue weighted by Crippen LogP contribution is 2.13. The van der Waals surface area contributed by atoms with Gasteiger partial charge in [0.15, 0.2) is 0 Å². The first kappa shape index (κ1) is 19.4. The number of methoxy groups -OCH3 is 1. The van der Waals surface area contributed by atoms with Gasteiger partial charge in [0, 0.05) is 19.6 Å². The van der Waals surface area contributed by atoms with Crippen LogP contribution in [0, 0.1) is 11.8 Å². The van der Waals surface area contributed by atoms with Crippen molar-refractivity contribution in [3.63, 3.8) is 0 Å². The van der Waals surface area contributed by atoms with E-state index in [4.69, 9.17) is 4.74 Å². The molecule has 1 atom stereocenters. The fraction of sp³-hybridized carbons (Fsp3) is 0.938. The highest BCUT2D eigenvalue weighted by molar-refractivity contribution is 5.80. The Morgan fingerprint density at radius 2 is 1.70 bits per heavy atom. The molecule has 4 heteroatoms. The van der Waals surface area contributed by atoms with Crippen LogP contribution >= 0.6 is 0 Å². The van der Waals surface area contributed by atoms with E-state index in [1.807, 2.05) is 6.92 Å². The van der Waals surface area contributed by atoms with Crippen LogP contribution in [0.1, 0.15) is 48.0 Å². The lowest BCUT2D eigenvalue weighted by Gasteiger charge is -2.35. The molecule has 0 aliphatic carbocycles. The molecule has 0 fully saturated rings. The van der Waals surface area contributed by atoms with Crippen molar-refractivity contribution < 1.29 is 9.53 Å². The molecule has 0 aliphatic rings. The fourth-order valence-electron chi connectivity index (χ4n) is 2.50. The Morgan fingerprint density at radius 3 is 2.05 bits per heavy atom. The normalized spacial score (nSPS) is 14.9. The second-order valence-electron chi connectivity index (χ2n) is 6.73. The van der Waals surface area contributed by atoms with Gasteiger partial charge in [-0.2, -0.15) is 0 Å². The maximum absolute atomic E-state index is 12.1. The predicted molar refractivity (Wildman–Crippen MR) is 84.8 cm³/mol. The summed E-state index contributed by atoms with van der Waals surface area (Å²) in [5.74, 6) is 0.993. The van der Waals surface area contributed by atoms with Gasteiger partial charge in [0.25, 0.3) is 0 Å². The van der Waals surface area contributed by atoms with E-state index in [0.717, 1.165) is 26.1 Å². The molecule has 0 aromatic carbocycles. The summed E-state index contributed by atoms with van der Waals surface area (Å²) in [5, 5.41) is 3.36. The number of esters is 1. The Kier molecular flexibility index (Phi) is 9.06. The van der Waals surface area contributed by atoms with E-state index in [1.54, 1.807) is 0 Å². The van der Waals surface area contributed by atoms with Crippen molar-refractivity contribution in [2.45, 2.75) is 53.5 Å². The molecule has 1 unspecified atom stereocenters. The highest BCUT2D eigenvalue weighted by atomic mass is 16.5. The molecule has 0 saturated carbocycles. The Morgan fingerprint density at radius 1 is 1.20 bits per heavy atom. The molecule has 0 amide bonds. The van der Waals surface area contributed by atoms with Gasteiger partial charge in [-0.3, -0.25) is 4.79 Å². The number of rotatable bonds is 10. The van der Waals surface area contributed by atoms with Gasteiger partial charge in [-0.05, 0) is 31.7 Å². The van der Waals surface area contributed by atoms with Crippen molar-refractivity contribution in [3.05, 3.63) is 0 Å². The number of carbonyl (C=O) groups excluding carboxylic acids is 1. The first-order chi connectivity index (χ1) is 9.25. The van der Waals surface area contributed by atoms with E-state index in [0.29, 0.717) is 18.4 Å². The van der Waals surface area contributed by atoms with Crippen LogP contribution in [0.5, 0.6) is 0 Å². The second-order valence-corrected chi connectivity index (χ2v) is 6.73. The number of hydrogen-bond donors (Lipinski definition) is 1. The Hall–Kier alpha value is -0.610. The van der Waals surface area contributed by atoms with E-state index in [9.17, 15) is 4.79 Å². The molecular weight excluding hydrogens is 252 g/mol. The molecule has 0 spiro atoms. The van der Waals surface area contributed by atoms with Crippen LogP contribution in [-0.2, 0) is 9.53 Å². The lowest BCUT2D eigenvalue weighted by atomic mass is 9.99. The number of nitrogens with one attached hydrogen (secondary N) is 1. The maximum Gasteiger partial charge on any atom is 0.327 e. The molecule has 0 aromatic heterocycles. The zero-order chi connectivity index (χ0) is 15.8. The quantitative estimate of drug-likeness (QED) is 0.627. The lowest BCUT2D eigenvalue weighted by molar-refractivity contribution is -0.149. The largest absolute Gasteiger partial charge is 0.468 e. The average molecular weight is 286 g/mol. The molecule has 0 aliphatic heterocycles. The summed E-state index contributed by atoms with van der Waals surface area (Å²) in [6.07, 6.45) is 1.00. The number of ether oxygens (including phenoxy) is 1. The van der Waals surface area contributed by atoms with Gasteiger partial charge in [0.05, 0.1) is 7.11 Å². The average Bonchev–Trinajstić information content (AvgIpc) is 2.33. The number of nitrogens with zero attached hydrogens (tertiary/aromatic N) is 1. The molecular formula is C16H34N2O2. The van der Waals surface area contributed by atoms with Crippen molar-refractivity contribution in [1.82, 2.24) is 10.2 Å². The standard InChI is InChI=1S/C16H34N2O2/c1-8-9-17-16(6,15(19)20-7)12-18(10-13(2)3)11-14(4)5/h13-14,17H,8-12H2,1-7H3. The topological polar surface area (TPSA) is 41.6 Å². The Balaban J connectivity index is 4.89. The van der Waals surface area contributed by atoms with Gasteiger partial charge in [-0.15, -0.1) is 0 Å². The predicted octanol–water partition coefficient (Wildman–Crippen LogP) is 2.53. The van der Waals surface area contributed by atoms with Crippen LogP contribution in [0.4, 0.5) is 0 Å². The molecule has 0 radical (unpaired) electrons. The van der Waals surface area contributed by atoms with Crippen LogP contribution in [-0.4, -0.2) is 49.7 Å². The highest BCUT2D eigenvalue weighted by Gasteiger charge is 2.35. The van der Waals surface area contributed by atoms with Crippen LogP contribution in [0.2, 0.25) is 0 Å². The summed E-state index contributed by atoms with van der Waals surface area (Å²) in [4.78, 5) is 14.5. The summed E-state index contributed by atoms with van der Waals surface area (Å²) in [6.45, 7) is 16.4. The van der Waals surface area contributed by atoms with Crippen molar-refractivity contribution in [2.75, 3.05) is 33.3 Å². The molecule has 0 heterocycles. The van der Waals surface area contributed by atoms with E-state index >= 15 is 0 Å². The minimum atomic E-state index is -0.630. The number of carbonyl (C=O) groups is 1. The SMILES string of the molecule is CCCNC(C)(CN(CC(C)C)CC(C)C)C(=O)OC. The summed E-state index contributed by atoms with van der Waals surface area (Å²) >= 11 is 0. The molecule has 0 saturated heterocycles. The summed E-state index contributed by atoms with van der Waals surface area (Å²) in [6, 6.07) is 0. The molecule has 4 nitrogen and oxygen atoms in total. The third-order valence-electron chi connectivity index (χ3n) is 3.19. The minimum absolute atomic E-state index is 0.177. The Labute approximate surface area is 125 Å². The molecule has 120 valence electrons. The number of hydrogen-bond acceptors (Lipinski definition) is 4. The van der Waals surface area contributed by atoms with Gasteiger partial charge in [-0.1, -0.05) is 34.6 Å². The first-order valence-electron chi connectivity index (χ1n) is 7.81. The maximum atomic E-state index is 12.1. The summed E-state index contributed by atoms with van der Waals surface area (Å²) in [7, 11) is 1.46. The van der Waals surface area contributed by atoms with Crippen LogP contribution < -0.4 is 5.32 Å². The fourth-order valence-corrected chi connectivity index (χ4v) is 2.50. The summed E-state index contributed by atoms with van der Waals surface area (Å²) < 4.78 is 5.00. The monoisotopic (exact) mass is 286 g/mol. The third kappa shape index (κ3) is 7.25. The van der Waals surface area contributed by atoms with Gasteiger partial charge in [0.2, 0.25) is 0 Å². The van der Waals surface area contributed by atoms with Crippen molar-refractivity contribution in [1.29, 1.82) is 0 Å². The van der Waals surface area contributed by atoms with Gasteiger partial charge >= 0.3 is 5.97 Å². The van der Waals surface area contributed by atoms with E-state index in [2.05, 4.69) is 44.8 Å². The third-order valence-corrected chi connectivity index (χ3v) is 3.19. The zero-order valence-corrected chi connectivity index (χ0v) is 14.5.